The predicted octanol–water partition coefficient (Wildman–Crippen LogP) is 3.15. The summed E-state index contributed by atoms with van der Waals surface area (Å²) in [4.78, 5) is 21.9. The van der Waals surface area contributed by atoms with Crippen LogP contribution in [0.5, 0.6) is 11.5 Å². The number of benzene rings is 2. The molecule has 2 heterocycles. The van der Waals surface area contributed by atoms with Crippen LogP contribution in [0.15, 0.2) is 58.3 Å². The molecule has 2 aromatic carbocycles. The Morgan fingerprint density at radius 1 is 1.10 bits per heavy atom. The number of fused-ring (bicyclic) bond motifs is 1. The molecule has 1 aliphatic heterocycles. The highest BCUT2D eigenvalue weighted by Crippen LogP contribution is 2.34. The van der Waals surface area contributed by atoms with Gasteiger partial charge in [0.2, 0.25) is 11.9 Å². The number of hydrogen-bond donors (Lipinski definition) is 2. The third kappa shape index (κ3) is 3.69. The van der Waals surface area contributed by atoms with Gasteiger partial charge in [0, 0.05) is 23.0 Å². The van der Waals surface area contributed by atoms with E-state index in [0.717, 1.165) is 0 Å². The van der Waals surface area contributed by atoms with Crippen LogP contribution in [0.2, 0.25) is 0 Å². The van der Waals surface area contributed by atoms with E-state index in [1.807, 2.05) is 0 Å². The van der Waals surface area contributed by atoms with Crippen LogP contribution in [-0.4, -0.2) is 29.7 Å². The number of ether oxygens (including phenoxy) is 2. The number of nitrogens with one attached hydrogen (secondary N) is 2. The van der Waals surface area contributed by atoms with Crippen LogP contribution in [0.4, 0.5) is 16.0 Å². The first-order valence-corrected chi connectivity index (χ1v) is 9.18. The number of aromatic nitrogens is 2. The summed E-state index contributed by atoms with van der Waals surface area (Å²) in [6, 6.07) is 12.6. The summed E-state index contributed by atoms with van der Waals surface area (Å²) in [5.74, 6) is 1.49. The fraction of sp³-hybridized carbons (Fsp3) is 0.190. The molecule has 154 valence electrons. The van der Waals surface area contributed by atoms with Crippen LogP contribution in [0.25, 0.3) is 0 Å². The zero-order valence-corrected chi connectivity index (χ0v) is 16.6. The largest absolute Gasteiger partial charge is 0.497 e. The van der Waals surface area contributed by atoms with E-state index < -0.39 is 6.17 Å². The van der Waals surface area contributed by atoms with Gasteiger partial charge < -0.3 is 14.8 Å². The number of anilines is 2. The molecule has 0 amide bonds. The number of rotatable bonds is 4. The first-order chi connectivity index (χ1) is 14.5. The van der Waals surface area contributed by atoms with Crippen LogP contribution >= 0.6 is 0 Å². The van der Waals surface area contributed by atoms with Crippen molar-refractivity contribution in [1.29, 1.82) is 0 Å². The molecular formula is C21H20FN5O3. The van der Waals surface area contributed by atoms with Gasteiger partial charge in [-0.15, -0.1) is 0 Å². The molecule has 0 spiro atoms. The van der Waals surface area contributed by atoms with Crippen LogP contribution < -0.4 is 25.7 Å². The second-order valence-electron chi connectivity index (χ2n) is 6.65. The first kappa shape index (κ1) is 19.4. The summed E-state index contributed by atoms with van der Waals surface area (Å²) >= 11 is 0. The van der Waals surface area contributed by atoms with E-state index in [-0.39, 0.29) is 11.4 Å². The van der Waals surface area contributed by atoms with E-state index >= 15 is 0 Å². The Bertz CT molecular complexity index is 1170. The molecule has 1 unspecified atom stereocenters. The molecule has 0 fully saturated rings. The summed E-state index contributed by atoms with van der Waals surface area (Å²) < 4.78 is 25.5. The summed E-state index contributed by atoms with van der Waals surface area (Å²) in [6.07, 6.45) is -0.755. The second kappa shape index (κ2) is 7.86. The minimum atomic E-state index is -0.755. The lowest BCUT2D eigenvalue weighted by atomic mass is 10.1. The van der Waals surface area contributed by atoms with Crippen molar-refractivity contribution in [2.45, 2.75) is 13.1 Å². The summed E-state index contributed by atoms with van der Waals surface area (Å²) in [5.41, 5.74) is 1.57. The lowest BCUT2D eigenvalue weighted by Gasteiger charge is -2.28. The first-order valence-electron chi connectivity index (χ1n) is 9.18. The van der Waals surface area contributed by atoms with Crippen molar-refractivity contribution < 1.29 is 13.9 Å². The van der Waals surface area contributed by atoms with Gasteiger partial charge >= 0.3 is 0 Å². The van der Waals surface area contributed by atoms with E-state index in [2.05, 4.69) is 20.6 Å². The SMILES string of the molecule is COc1ccc(OC)c(C2N=C(Nc3ccc(F)cc3)Nc3nc(C)cc(=O)n32)c1. The zero-order chi connectivity index (χ0) is 21.3. The van der Waals surface area contributed by atoms with Gasteiger partial charge in [-0.1, -0.05) is 0 Å². The van der Waals surface area contributed by atoms with Gasteiger partial charge in [-0.3, -0.25) is 14.7 Å². The molecule has 0 saturated heterocycles. The Kier molecular flexibility index (Phi) is 5.09. The highest BCUT2D eigenvalue weighted by atomic mass is 19.1. The van der Waals surface area contributed by atoms with Gasteiger partial charge in [-0.05, 0) is 49.4 Å². The van der Waals surface area contributed by atoms with Gasteiger partial charge in [-0.2, -0.15) is 0 Å². The molecule has 1 aromatic heterocycles. The van der Waals surface area contributed by atoms with E-state index in [0.29, 0.717) is 40.4 Å². The van der Waals surface area contributed by atoms with Gasteiger partial charge in [-0.25, -0.2) is 14.4 Å². The van der Waals surface area contributed by atoms with Crippen molar-refractivity contribution in [3.63, 3.8) is 0 Å². The van der Waals surface area contributed by atoms with Crippen LogP contribution in [0.3, 0.4) is 0 Å². The highest BCUT2D eigenvalue weighted by molar-refractivity contribution is 6.03. The lowest BCUT2D eigenvalue weighted by Crippen LogP contribution is -2.37. The number of hydrogen-bond acceptors (Lipinski definition) is 7. The molecule has 4 rings (SSSR count). The molecule has 9 heteroatoms. The molecule has 2 N–H and O–H groups in total. The van der Waals surface area contributed by atoms with Crippen LogP contribution in [-0.2, 0) is 0 Å². The lowest BCUT2D eigenvalue weighted by molar-refractivity contribution is 0.391. The molecule has 0 radical (unpaired) electrons. The molecular weight excluding hydrogens is 389 g/mol. The third-order valence-electron chi connectivity index (χ3n) is 4.63. The number of aryl methyl sites for hydroxylation is 1. The van der Waals surface area contributed by atoms with Crippen molar-refractivity contribution >= 4 is 17.6 Å². The van der Waals surface area contributed by atoms with Crippen molar-refractivity contribution in [3.8, 4) is 11.5 Å². The maximum atomic E-state index is 13.2. The summed E-state index contributed by atoms with van der Waals surface area (Å²) in [7, 11) is 3.11. The Hall–Kier alpha value is -3.88. The number of aliphatic imine (C=N–C) groups is 1. The van der Waals surface area contributed by atoms with Gasteiger partial charge in [0.05, 0.1) is 14.2 Å². The minimum absolute atomic E-state index is 0.260. The van der Waals surface area contributed by atoms with E-state index in [9.17, 15) is 9.18 Å². The van der Waals surface area contributed by atoms with Gasteiger partial charge in [0.25, 0.3) is 5.56 Å². The van der Waals surface area contributed by atoms with Crippen molar-refractivity contribution in [1.82, 2.24) is 9.55 Å². The molecule has 1 atom stereocenters. The zero-order valence-electron chi connectivity index (χ0n) is 16.6. The van der Waals surface area contributed by atoms with Crippen molar-refractivity contribution in [2.24, 2.45) is 4.99 Å². The Morgan fingerprint density at radius 2 is 1.87 bits per heavy atom. The molecule has 1 aliphatic rings. The summed E-state index contributed by atoms with van der Waals surface area (Å²) in [6.45, 7) is 1.74. The maximum absolute atomic E-state index is 13.2. The number of nitrogens with zero attached hydrogens (tertiary/aromatic N) is 3. The highest BCUT2D eigenvalue weighted by Gasteiger charge is 2.28. The molecule has 0 aliphatic carbocycles. The molecule has 3 aromatic rings. The molecule has 0 bridgehead atoms. The third-order valence-corrected chi connectivity index (χ3v) is 4.63. The minimum Gasteiger partial charge on any atom is -0.497 e. The van der Waals surface area contributed by atoms with Crippen molar-refractivity contribution in [2.75, 3.05) is 24.9 Å². The van der Waals surface area contributed by atoms with E-state index in [4.69, 9.17) is 9.47 Å². The number of halogens is 1. The average Bonchev–Trinajstić information content (AvgIpc) is 2.74. The fourth-order valence-electron chi connectivity index (χ4n) is 3.23. The number of methoxy groups -OCH3 is 2. The standard InChI is InChI=1S/C21H20FN5O3/c1-12-10-18(28)27-19(16-11-15(29-2)8-9-17(16)30-3)25-20(26-21(27)23-12)24-14-6-4-13(22)5-7-14/h4-11,19H,1-3H3,(H2,23,24,25,26). The smallest absolute Gasteiger partial charge is 0.257 e. The monoisotopic (exact) mass is 409 g/mol. The van der Waals surface area contributed by atoms with E-state index in [1.54, 1.807) is 51.5 Å². The maximum Gasteiger partial charge on any atom is 0.257 e. The Morgan fingerprint density at radius 3 is 2.57 bits per heavy atom. The normalized spacial score (nSPS) is 14.9. The fourth-order valence-corrected chi connectivity index (χ4v) is 3.23. The quantitative estimate of drug-likeness (QED) is 0.688. The molecule has 0 saturated carbocycles. The molecule has 8 nitrogen and oxygen atoms in total. The Labute approximate surface area is 172 Å². The van der Waals surface area contributed by atoms with Crippen LogP contribution in [0.1, 0.15) is 17.4 Å². The van der Waals surface area contributed by atoms with Gasteiger partial charge in [0.1, 0.15) is 17.3 Å². The van der Waals surface area contributed by atoms with Gasteiger partial charge in [0.15, 0.2) is 6.17 Å². The average molecular weight is 409 g/mol. The van der Waals surface area contributed by atoms with Crippen LogP contribution in [0, 0.1) is 12.7 Å². The predicted molar refractivity (Wildman–Crippen MR) is 112 cm³/mol. The van der Waals surface area contributed by atoms with Crippen molar-refractivity contribution in [3.05, 3.63) is 76.0 Å². The number of guanidine groups is 1. The summed E-state index contributed by atoms with van der Waals surface area (Å²) in [5, 5.41) is 6.13. The molecule has 30 heavy (non-hydrogen) atoms. The van der Waals surface area contributed by atoms with E-state index in [1.165, 1.54) is 22.8 Å². The topological polar surface area (TPSA) is 89.8 Å². The second-order valence-corrected chi connectivity index (χ2v) is 6.65. The Balaban J connectivity index is 1.85.